The number of nitrogens with one attached hydrogen (secondary N) is 1. The molecule has 2 aromatic rings. The van der Waals surface area contributed by atoms with E-state index in [1.165, 1.54) is 0 Å². The quantitative estimate of drug-likeness (QED) is 0.745. The molecule has 104 valence electrons. The first-order valence-electron chi connectivity index (χ1n) is 6.37. The van der Waals surface area contributed by atoms with Crippen molar-refractivity contribution < 1.29 is 4.79 Å². The maximum Gasteiger partial charge on any atom is 0.255 e. The first-order valence-corrected chi connectivity index (χ1v) is 7.96. The molecule has 2 rings (SSSR count). The van der Waals surface area contributed by atoms with Gasteiger partial charge in [0, 0.05) is 20.2 Å². The van der Waals surface area contributed by atoms with Gasteiger partial charge >= 0.3 is 0 Å². The highest BCUT2D eigenvalue weighted by Gasteiger charge is 2.12. The molecule has 2 nitrogen and oxygen atoms in total. The fourth-order valence-corrected chi connectivity index (χ4v) is 2.79. The van der Waals surface area contributed by atoms with E-state index in [-0.39, 0.29) is 5.91 Å². The molecule has 2 aromatic carbocycles. The van der Waals surface area contributed by atoms with Crippen molar-refractivity contribution in [2.24, 2.45) is 0 Å². The summed E-state index contributed by atoms with van der Waals surface area (Å²) in [6.45, 7) is 4.00. The molecule has 0 unspecified atom stereocenters. The summed E-state index contributed by atoms with van der Waals surface area (Å²) in [5.74, 6) is -0.0826. The maximum absolute atomic E-state index is 12.4. The first kappa shape index (κ1) is 15.3. The van der Waals surface area contributed by atoms with E-state index in [2.05, 4.69) is 44.1 Å². The van der Waals surface area contributed by atoms with Gasteiger partial charge in [0.2, 0.25) is 0 Å². The van der Waals surface area contributed by atoms with Crippen molar-refractivity contribution in [3.05, 3.63) is 62.0 Å². The molecule has 4 heteroatoms. The Kier molecular flexibility index (Phi) is 5.00. The molecule has 0 atom stereocenters. The summed E-state index contributed by atoms with van der Waals surface area (Å²) in [5, 5.41) is 2.99. The number of halogens is 2. The van der Waals surface area contributed by atoms with Crippen LogP contribution in [0.3, 0.4) is 0 Å². The number of carbonyl (C=O) groups is 1. The highest BCUT2D eigenvalue weighted by molar-refractivity contribution is 9.10. The molecule has 0 radical (unpaired) electrons. The zero-order valence-corrected chi connectivity index (χ0v) is 14.5. The maximum atomic E-state index is 12.4. The molecule has 0 bridgehead atoms. The Bertz CT molecular complexity index is 653. The van der Waals surface area contributed by atoms with E-state index >= 15 is 0 Å². The van der Waals surface area contributed by atoms with Gasteiger partial charge in [-0.05, 0) is 54.8 Å². The second kappa shape index (κ2) is 6.55. The zero-order valence-electron chi connectivity index (χ0n) is 11.3. The highest BCUT2D eigenvalue weighted by atomic mass is 79.9. The summed E-state index contributed by atoms with van der Waals surface area (Å²) in [6, 6.07) is 11.5. The van der Waals surface area contributed by atoms with Crippen molar-refractivity contribution in [1.29, 1.82) is 0 Å². The second-order valence-corrected chi connectivity index (χ2v) is 6.29. The monoisotopic (exact) mass is 395 g/mol. The Labute approximate surface area is 135 Å². The lowest BCUT2D eigenvalue weighted by Gasteiger charge is -2.12. The van der Waals surface area contributed by atoms with Crippen LogP contribution in [-0.2, 0) is 6.42 Å². The number of benzene rings is 2. The Hall–Kier alpha value is -1.13. The summed E-state index contributed by atoms with van der Waals surface area (Å²) >= 11 is 6.90. The van der Waals surface area contributed by atoms with E-state index in [1.807, 2.05) is 43.3 Å². The average molecular weight is 397 g/mol. The van der Waals surface area contributed by atoms with Crippen molar-refractivity contribution >= 4 is 43.5 Å². The number of aryl methyl sites for hydroxylation is 1. The lowest BCUT2D eigenvalue weighted by Crippen LogP contribution is -2.14. The molecular weight excluding hydrogens is 382 g/mol. The molecule has 0 aliphatic heterocycles. The molecule has 0 fully saturated rings. The molecule has 0 saturated carbocycles. The largest absolute Gasteiger partial charge is 0.322 e. The molecule has 0 saturated heterocycles. The number of rotatable bonds is 3. The molecular formula is C16H15Br2NO. The number of amides is 1. The van der Waals surface area contributed by atoms with Crippen molar-refractivity contribution in [3.8, 4) is 0 Å². The SMILES string of the molecule is CCc1cc(Br)ccc1NC(=O)c1cccc(Br)c1C. The second-order valence-electron chi connectivity index (χ2n) is 4.52. The van der Waals surface area contributed by atoms with Gasteiger partial charge in [-0.25, -0.2) is 0 Å². The lowest BCUT2D eigenvalue weighted by molar-refractivity contribution is 0.102. The third-order valence-corrected chi connectivity index (χ3v) is 4.56. The van der Waals surface area contributed by atoms with Gasteiger partial charge in [-0.1, -0.05) is 44.8 Å². The van der Waals surface area contributed by atoms with Crippen LogP contribution in [0.4, 0.5) is 5.69 Å². The van der Waals surface area contributed by atoms with Crippen LogP contribution >= 0.6 is 31.9 Å². The van der Waals surface area contributed by atoms with Gasteiger partial charge in [-0.3, -0.25) is 4.79 Å². The number of hydrogen-bond donors (Lipinski definition) is 1. The van der Waals surface area contributed by atoms with Crippen molar-refractivity contribution in [2.75, 3.05) is 5.32 Å². The first-order chi connectivity index (χ1) is 9.52. The topological polar surface area (TPSA) is 29.1 Å². The zero-order chi connectivity index (χ0) is 14.7. The van der Waals surface area contributed by atoms with E-state index in [4.69, 9.17) is 0 Å². The minimum atomic E-state index is -0.0826. The predicted octanol–water partition coefficient (Wildman–Crippen LogP) is 5.33. The van der Waals surface area contributed by atoms with E-state index in [1.54, 1.807) is 0 Å². The van der Waals surface area contributed by atoms with Gasteiger partial charge in [-0.15, -0.1) is 0 Å². The standard InChI is InChI=1S/C16H15Br2NO/c1-3-11-9-12(17)7-8-15(11)19-16(20)13-5-4-6-14(18)10(13)2/h4-9H,3H2,1-2H3,(H,19,20). The molecule has 0 spiro atoms. The fraction of sp³-hybridized carbons (Fsp3) is 0.188. The van der Waals surface area contributed by atoms with Crippen LogP contribution in [-0.4, -0.2) is 5.91 Å². The number of anilines is 1. The predicted molar refractivity (Wildman–Crippen MR) is 90.4 cm³/mol. The van der Waals surface area contributed by atoms with Crippen LogP contribution in [0.2, 0.25) is 0 Å². The Morgan fingerprint density at radius 2 is 1.95 bits per heavy atom. The molecule has 0 aromatic heterocycles. The minimum Gasteiger partial charge on any atom is -0.322 e. The Morgan fingerprint density at radius 3 is 2.65 bits per heavy atom. The lowest BCUT2D eigenvalue weighted by atomic mass is 10.1. The summed E-state index contributed by atoms with van der Waals surface area (Å²) in [5.41, 5.74) is 3.60. The molecule has 0 aliphatic carbocycles. The van der Waals surface area contributed by atoms with Crippen LogP contribution < -0.4 is 5.32 Å². The number of hydrogen-bond acceptors (Lipinski definition) is 1. The van der Waals surface area contributed by atoms with E-state index in [0.29, 0.717) is 5.56 Å². The van der Waals surface area contributed by atoms with Gasteiger partial charge in [0.15, 0.2) is 0 Å². The van der Waals surface area contributed by atoms with Gasteiger partial charge in [-0.2, -0.15) is 0 Å². The fourth-order valence-electron chi connectivity index (χ4n) is 2.02. The van der Waals surface area contributed by atoms with Gasteiger partial charge in [0.25, 0.3) is 5.91 Å². The normalized spacial score (nSPS) is 10.4. The molecule has 1 N–H and O–H groups in total. The van der Waals surface area contributed by atoms with Crippen LogP contribution in [0.5, 0.6) is 0 Å². The van der Waals surface area contributed by atoms with Crippen LogP contribution in [0.15, 0.2) is 45.3 Å². The molecule has 1 amide bonds. The van der Waals surface area contributed by atoms with Crippen molar-refractivity contribution in [3.63, 3.8) is 0 Å². The van der Waals surface area contributed by atoms with Crippen molar-refractivity contribution in [1.82, 2.24) is 0 Å². The van der Waals surface area contributed by atoms with Gasteiger partial charge in [0.1, 0.15) is 0 Å². The molecule has 0 heterocycles. The van der Waals surface area contributed by atoms with E-state index in [0.717, 1.165) is 32.2 Å². The average Bonchev–Trinajstić information content (AvgIpc) is 2.43. The third-order valence-electron chi connectivity index (χ3n) is 3.21. The van der Waals surface area contributed by atoms with Gasteiger partial charge < -0.3 is 5.32 Å². The summed E-state index contributed by atoms with van der Waals surface area (Å²) in [6.07, 6.45) is 0.868. The smallest absolute Gasteiger partial charge is 0.255 e. The Morgan fingerprint density at radius 1 is 1.20 bits per heavy atom. The summed E-state index contributed by atoms with van der Waals surface area (Å²) in [7, 11) is 0. The van der Waals surface area contributed by atoms with Crippen LogP contribution in [0, 0.1) is 6.92 Å². The van der Waals surface area contributed by atoms with E-state index < -0.39 is 0 Å². The Balaban J connectivity index is 2.30. The molecule has 0 aliphatic rings. The summed E-state index contributed by atoms with van der Waals surface area (Å²) in [4.78, 5) is 12.4. The van der Waals surface area contributed by atoms with Crippen LogP contribution in [0.25, 0.3) is 0 Å². The van der Waals surface area contributed by atoms with E-state index in [9.17, 15) is 4.79 Å². The highest BCUT2D eigenvalue weighted by Crippen LogP contribution is 2.24. The molecule has 20 heavy (non-hydrogen) atoms. The van der Waals surface area contributed by atoms with Gasteiger partial charge in [0.05, 0.1) is 0 Å². The van der Waals surface area contributed by atoms with Crippen LogP contribution in [0.1, 0.15) is 28.4 Å². The third kappa shape index (κ3) is 3.30. The van der Waals surface area contributed by atoms with Crippen molar-refractivity contribution in [2.45, 2.75) is 20.3 Å². The minimum absolute atomic E-state index is 0.0826. The number of carbonyl (C=O) groups excluding carboxylic acids is 1. The summed E-state index contributed by atoms with van der Waals surface area (Å²) < 4.78 is 1.96.